The Morgan fingerprint density at radius 1 is 1.09 bits per heavy atom. The Hall–Kier alpha value is -0.920. The molecule has 1 aromatic carbocycles. The normalized spacial score (nSPS) is 23.0. The smallest absolute Gasteiger partial charge is 0.229 e. The molecule has 5 nitrogen and oxygen atoms in total. The fraction of sp³-hybridized carbons (Fsp3) is 0.600. The summed E-state index contributed by atoms with van der Waals surface area (Å²) in [6.45, 7) is 2.98. The molecule has 0 radical (unpaired) electrons. The van der Waals surface area contributed by atoms with Gasteiger partial charge in [-0.1, -0.05) is 25.5 Å². The molecule has 0 spiro atoms. The van der Waals surface area contributed by atoms with Crippen molar-refractivity contribution in [1.29, 1.82) is 0 Å². The van der Waals surface area contributed by atoms with Crippen molar-refractivity contribution in [3.8, 4) is 0 Å². The molecule has 22 heavy (non-hydrogen) atoms. The van der Waals surface area contributed by atoms with Crippen molar-refractivity contribution in [3.05, 3.63) is 29.8 Å². The minimum atomic E-state index is -3.43. The Morgan fingerprint density at radius 2 is 1.68 bits per heavy atom. The minimum absolute atomic E-state index is 0.142. The second-order valence-corrected chi connectivity index (χ2v) is 10.4. The van der Waals surface area contributed by atoms with Crippen molar-refractivity contribution in [2.24, 2.45) is 11.8 Å². The lowest BCUT2D eigenvalue weighted by Gasteiger charge is -2.45. The lowest BCUT2D eigenvalue weighted by atomic mass is 9.90. The van der Waals surface area contributed by atoms with Gasteiger partial charge in [0.15, 0.2) is 9.84 Å². The number of nitrogens with zero attached hydrogens (tertiary/aromatic N) is 1. The Labute approximate surface area is 132 Å². The predicted molar refractivity (Wildman–Crippen MR) is 84.8 cm³/mol. The molecule has 1 aromatic rings. The maximum Gasteiger partial charge on any atom is 0.243 e. The summed E-state index contributed by atoms with van der Waals surface area (Å²) >= 11 is 0. The molecule has 0 aromatic heterocycles. The standard InChI is InChI=1S/C15H21NO4S2/c1-2-3-12-4-6-15(7-5-12)22(19,20)16-8-13(9-16)14-10-21(17,18)11-14/h4-7,13-14H,2-3,8-11H2,1H3. The number of hydrogen-bond acceptors (Lipinski definition) is 4. The van der Waals surface area contributed by atoms with Crippen LogP contribution in [-0.2, 0) is 26.3 Å². The van der Waals surface area contributed by atoms with Crippen LogP contribution < -0.4 is 0 Å². The van der Waals surface area contributed by atoms with Gasteiger partial charge in [0.1, 0.15) is 0 Å². The van der Waals surface area contributed by atoms with Gasteiger partial charge in [-0.25, -0.2) is 16.8 Å². The molecule has 2 aliphatic heterocycles. The third kappa shape index (κ3) is 2.94. The van der Waals surface area contributed by atoms with Gasteiger partial charge in [-0.2, -0.15) is 4.31 Å². The number of rotatable bonds is 5. The van der Waals surface area contributed by atoms with Crippen molar-refractivity contribution in [2.75, 3.05) is 24.6 Å². The summed E-state index contributed by atoms with van der Waals surface area (Å²) in [5, 5.41) is 0. The quantitative estimate of drug-likeness (QED) is 0.808. The first kappa shape index (κ1) is 16.0. The van der Waals surface area contributed by atoms with E-state index < -0.39 is 19.9 Å². The first-order chi connectivity index (χ1) is 10.3. The van der Waals surface area contributed by atoms with Gasteiger partial charge >= 0.3 is 0 Å². The highest BCUT2D eigenvalue weighted by Crippen LogP contribution is 2.35. The summed E-state index contributed by atoms with van der Waals surface area (Å²) < 4.78 is 48.8. The first-order valence-electron chi connectivity index (χ1n) is 7.61. The van der Waals surface area contributed by atoms with Crippen LogP contribution in [0.3, 0.4) is 0 Å². The predicted octanol–water partition coefficient (Wildman–Crippen LogP) is 1.30. The molecular formula is C15H21NO4S2. The van der Waals surface area contributed by atoms with E-state index in [1.807, 2.05) is 12.1 Å². The number of hydrogen-bond donors (Lipinski definition) is 0. The molecule has 0 aliphatic carbocycles. The third-order valence-corrected chi connectivity index (χ3v) is 8.30. The van der Waals surface area contributed by atoms with Gasteiger partial charge in [0, 0.05) is 13.1 Å². The van der Waals surface area contributed by atoms with Crippen LogP contribution >= 0.6 is 0 Å². The van der Waals surface area contributed by atoms with Crippen molar-refractivity contribution in [3.63, 3.8) is 0 Å². The second-order valence-electron chi connectivity index (χ2n) is 6.31. The van der Waals surface area contributed by atoms with Crippen molar-refractivity contribution in [2.45, 2.75) is 24.7 Å². The number of sulfonamides is 1. The molecule has 0 unspecified atom stereocenters. The molecule has 2 saturated heterocycles. The molecule has 0 amide bonds. The monoisotopic (exact) mass is 343 g/mol. The molecule has 2 fully saturated rings. The topological polar surface area (TPSA) is 71.5 Å². The van der Waals surface area contributed by atoms with Gasteiger partial charge in [0.05, 0.1) is 16.4 Å². The number of sulfone groups is 1. The van der Waals surface area contributed by atoms with Crippen molar-refractivity contribution in [1.82, 2.24) is 4.31 Å². The number of benzene rings is 1. The maximum atomic E-state index is 12.5. The fourth-order valence-electron chi connectivity index (χ4n) is 3.11. The van der Waals surface area contributed by atoms with Crippen LogP contribution in [0.25, 0.3) is 0 Å². The van der Waals surface area contributed by atoms with E-state index in [2.05, 4.69) is 6.92 Å². The van der Waals surface area contributed by atoms with Gasteiger partial charge in [-0.15, -0.1) is 0 Å². The first-order valence-corrected chi connectivity index (χ1v) is 10.9. The fourth-order valence-corrected chi connectivity index (χ4v) is 6.41. The van der Waals surface area contributed by atoms with Crippen LogP contribution in [0, 0.1) is 11.8 Å². The molecule has 0 N–H and O–H groups in total. The Morgan fingerprint density at radius 3 is 2.18 bits per heavy atom. The molecule has 2 heterocycles. The van der Waals surface area contributed by atoms with Gasteiger partial charge < -0.3 is 0 Å². The average Bonchev–Trinajstić information content (AvgIpc) is 2.35. The Kier molecular flexibility index (Phi) is 4.07. The van der Waals surface area contributed by atoms with Crippen LogP contribution in [0.2, 0.25) is 0 Å². The Bertz CT molecular complexity index is 735. The van der Waals surface area contributed by atoms with Crippen molar-refractivity contribution < 1.29 is 16.8 Å². The van der Waals surface area contributed by atoms with E-state index in [9.17, 15) is 16.8 Å². The number of aryl methyl sites for hydroxylation is 1. The highest BCUT2D eigenvalue weighted by Gasteiger charge is 2.47. The summed E-state index contributed by atoms with van der Waals surface area (Å²) in [7, 11) is -6.26. The highest BCUT2D eigenvalue weighted by atomic mass is 32.2. The Balaban J connectivity index is 1.63. The lowest BCUT2D eigenvalue weighted by molar-refractivity contribution is 0.148. The van der Waals surface area contributed by atoms with E-state index in [1.165, 1.54) is 4.31 Å². The van der Waals surface area contributed by atoms with E-state index >= 15 is 0 Å². The van der Waals surface area contributed by atoms with Gasteiger partial charge in [-0.05, 0) is 36.0 Å². The zero-order valence-electron chi connectivity index (χ0n) is 12.6. The van der Waals surface area contributed by atoms with E-state index in [0.29, 0.717) is 18.0 Å². The average molecular weight is 343 g/mol. The van der Waals surface area contributed by atoms with Gasteiger partial charge in [0.25, 0.3) is 0 Å². The van der Waals surface area contributed by atoms with E-state index in [-0.39, 0.29) is 23.3 Å². The molecule has 0 bridgehead atoms. The van der Waals surface area contributed by atoms with Crippen LogP contribution in [0.5, 0.6) is 0 Å². The summed E-state index contributed by atoms with van der Waals surface area (Å²) in [5.74, 6) is 0.773. The third-order valence-electron chi connectivity index (χ3n) is 4.58. The van der Waals surface area contributed by atoms with Crippen LogP contribution in [-0.4, -0.2) is 45.7 Å². The van der Waals surface area contributed by atoms with E-state index in [4.69, 9.17) is 0 Å². The molecular weight excluding hydrogens is 322 g/mol. The van der Waals surface area contributed by atoms with Crippen molar-refractivity contribution >= 4 is 19.9 Å². The molecule has 3 rings (SSSR count). The molecule has 122 valence electrons. The highest BCUT2D eigenvalue weighted by molar-refractivity contribution is 7.92. The maximum absolute atomic E-state index is 12.5. The SMILES string of the molecule is CCCc1ccc(S(=O)(=O)N2CC(C3CS(=O)(=O)C3)C2)cc1. The molecule has 7 heteroatoms. The van der Waals surface area contributed by atoms with E-state index in [0.717, 1.165) is 18.4 Å². The molecule has 0 saturated carbocycles. The van der Waals surface area contributed by atoms with Crippen LogP contribution in [0.15, 0.2) is 29.2 Å². The molecule has 0 atom stereocenters. The van der Waals surface area contributed by atoms with Crippen LogP contribution in [0.4, 0.5) is 0 Å². The summed E-state index contributed by atoms with van der Waals surface area (Å²) in [6.07, 6.45) is 1.98. The minimum Gasteiger partial charge on any atom is -0.229 e. The summed E-state index contributed by atoms with van der Waals surface area (Å²) in [5.41, 5.74) is 1.14. The van der Waals surface area contributed by atoms with Gasteiger partial charge in [-0.3, -0.25) is 0 Å². The summed E-state index contributed by atoms with van der Waals surface area (Å²) in [4.78, 5) is 0.326. The molecule has 2 aliphatic rings. The zero-order valence-corrected chi connectivity index (χ0v) is 14.2. The largest absolute Gasteiger partial charge is 0.243 e. The second kappa shape index (κ2) is 5.62. The van der Waals surface area contributed by atoms with Crippen LogP contribution in [0.1, 0.15) is 18.9 Å². The summed E-state index contributed by atoms with van der Waals surface area (Å²) in [6, 6.07) is 7.07. The van der Waals surface area contributed by atoms with E-state index in [1.54, 1.807) is 12.1 Å². The zero-order chi connectivity index (χ0) is 16.0. The van der Waals surface area contributed by atoms with Gasteiger partial charge in [0.2, 0.25) is 10.0 Å². The lowest BCUT2D eigenvalue weighted by Crippen LogP contribution is -2.57.